The molecule has 0 saturated heterocycles. The highest BCUT2D eigenvalue weighted by Crippen LogP contribution is 2.31. The number of carbonyl (C=O) groups excluding carboxylic acids is 2. The molecule has 0 fully saturated rings. The molecule has 0 unspecified atom stereocenters. The molecule has 0 saturated carbocycles. The molecule has 3 aromatic rings. The van der Waals surface area contributed by atoms with E-state index in [1.165, 1.54) is 19.0 Å². The number of tetrazole rings is 1. The zero-order chi connectivity index (χ0) is 18.0. The first-order valence-electron chi connectivity index (χ1n) is 7.46. The van der Waals surface area contributed by atoms with Gasteiger partial charge in [-0.15, -0.1) is 4.52 Å². The van der Waals surface area contributed by atoms with Crippen molar-refractivity contribution in [3.05, 3.63) is 48.2 Å². The Kier molecular flexibility index (Phi) is 4.34. The molecular formula is C17H17N4O4+. The van der Waals surface area contributed by atoms with Gasteiger partial charge in [0.1, 0.15) is 12.6 Å². The van der Waals surface area contributed by atoms with E-state index in [9.17, 15) is 9.59 Å². The van der Waals surface area contributed by atoms with E-state index < -0.39 is 11.9 Å². The summed E-state index contributed by atoms with van der Waals surface area (Å²) >= 11 is 0. The van der Waals surface area contributed by atoms with Crippen LogP contribution in [0.2, 0.25) is 0 Å². The number of aryl methyl sites for hydroxylation is 1. The third-order valence-corrected chi connectivity index (χ3v) is 3.69. The molecule has 8 nitrogen and oxygen atoms in total. The average Bonchev–Trinajstić information content (AvgIpc) is 3.15. The highest BCUT2D eigenvalue weighted by atomic mass is 16.5. The molecule has 3 rings (SSSR count). The van der Waals surface area contributed by atoms with Crippen LogP contribution >= 0.6 is 0 Å². The maximum Gasteiger partial charge on any atom is 0.342 e. The number of esters is 2. The number of hydrogen-bond acceptors (Lipinski definition) is 5. The van der Waals surface area contributed by atoms with Crippen molar-refractivity contribution in [2.45, 2.75) is 0 Å². The minimum absolute atomic E-state index is 0.0671. The van der Waals surface area contributed by atoms with Crippen LogP contribution in [0.15, 0.2) is 42.5 Å². The molecule has 128 valence electrons. The van der Waals surface area contributed by atoms with Gasteiger partial charge in [-0.2, -0.15) is 0 Å². The van der Waals surface area contributed by atoms with Crippen LogP contribution in [0.1, 0.15) is 5.69 Å². The number of fused-ring (bicyclic) bond motifs is 1. The van der Waals surface area contributed by atoms with Gasteiger partial charge in [-0.1, -0.05) is 40.3 Å². The Morgan fingerprint density at radius 2 is 1.92 bits per heavy atom. The first-order valence-corrected chi connectivity index (χ1v) is 7.46. The van der Waals surface area contributed by atoms with Gasteiger partial charge in [0.2, 0.25) is 0 Å². The summed E-state index contributed by atoms with van der Waals surface area (Å²) in [6, 6.07) is 11.3. The van der Waals surface area contributed by atoms with Crippen molar-refractivity contribution in [1.82, 2.24) is 14.8 Å². The minimum atomic E-state index is -0.654. The Bertz CT molecular complexity index is 969. The summed E-state index contributed by atoms with van der Waals surface area (Å²) in [5.41, 5.74) is 2.74. The maximum atomic E-state index is 12.3. The normalized spacial score (nSPS) is 11.6. The first kappa shape index (κ1) is 16.4. The second-order valence-corrected chi connectivity index (χ2v) is 5.26. The van der Waals surface area contributed by atoms with Crippen molar-refractivity contribution in [3.8, 4) is 11.1 Å². The van der Waals surface area contributed by atoms with E-state index in [0.717, 1.165) is 17.2 Å². The van der Waals surface area contributed by atoms with Gasteiger partial charge in [0.25, 0.3) is 5.65 Å². The van der Waals surface area contributed by atoms with E-state index in [1.807, 2.05) is 36.4 Å². The second kappa shape index (κ2) is 6.60. The number of carbonyl (C=O) groups is 2. The predicted molar refractivity (Wildman–Crippen MR) is 88.2 cm³/mol. The Labute approximate surface area is 143 Å². The monoisotopic (exact) mass is 341 g/mol. The van der Waals surface area contributed by atoms with Crippen molar-refractivity contribution in [2.24, 2.45) is 7.05 Å². The molecule has 0 radical (unpaired) electrons. The smallest absolute Gasteiger partial charge is 0.342 e. The maximum absolute atomic E-state index is 12.3. The summed E-state index contributed by atoms with van der Waals surface area (Å²) in [6.07, 6.45) is 1.11. The Hall–Kier alpha value is -3.42. The van der Waals surface area contributed by atoms with E-state index in [-0.39, 0.29) is 5.57 Å². The lowest BCUT2D eigenvalue weighted by Gasteiger charge is -2.05. The van der Waals surface area contributed by atoms with Gasteiger partial charge in [0.15, 0.2) is 5.69 Å². The van der Waals surface area contributed by atoms with E-state index in [1.54, 1.807) is 11.6 Å². The lowest BCUT2D eigenvalue weighted by molar-refractivity contribution is -0.783. The van der Waals surface area contributed by atoms with E-state index in [4.69, 9.17) is 4.74 Å². The number of methoxy groups -OCH3 is 2. The minimum Gasteiger partial charge on any atom is -0.466 e. The number of hydrogen-bond donors (Lipinski definition) is 1. The van der Waals surface area contributed by atoms with Crippen molar-refractivity contribution in [1.29, 1.82) is 0 Å². The molecule has 0 aliphatic heterocycles. The molecule has 25 heavy (non-hydrogen) atoms. The molecule has 2 aromatic heterocycles. The van der Waals surface area contributed by atoms with Gasteiger partial charge < -0.3 is 9.47 Å². The van der Waals surface area contributed by atoms with Crippen LogP contribution in [0.5, 0.6) is 0 Å². The van der Waals surface area contributed by atoms with Gasteiger partial charge >= 0.3 is 11.9 Å². The first-order chi connectivity index (χ1) is 12.0. The average molecular weight is 341 g/mol. The van der Waals surface area contributed by atoms with Crippen molar-refractivity contribution in [3.63, 3.8) is 0 Å². The van der Waals surface area contributed by atoms with Crippen LogP contribution in [0.25, 0.3) is 22.3 Å². The van der Waals surface area contributed by atoms with Crippen molar-refractivity contribution >= 4 is 23.2 Å². The summed E-state index contributed by atoms with van der Waals surface area (Å²) in [4.78, 5) is 25.6. The molecule has 0 aliphatic carbocycles. The molecular weight excluding hydrogens is 324 g/mol. The summed E-state index contributed by atoms with van der Waals surface area (Å²) in [7, 11) is 4.23. The van der Waals surface area contributed by atoms with Gasteiger partial charge in [0, 0.05) is 17.7 Å². The van der Waals surface area contributed by atoms with Crippen LogP contribution < -0.4 is 4.80 Å². The van der Waals surface area contributed by atoms with Gasteiger partial charge in [-0.3, -0.25) is 0 Å². The molecule has 8 heteroatoms. The predicted octanol–water partition coefficient (Wildman–Crippen LogP) is 0.883. The third kappa shape index (κ3) is 3.01. The molecule has 2 heterocycles. The molecule has 0 atom stereocenters. The Morgan fingerprint density at radius 1 is 1.20 bits per heavy atom. The standard InChI is InChI=1S/C17H16N4O4/c1-20-18-14-9-12(11-7-5-4-6-8-11)16(21(14)19-20)13(17(23)25-3)10-15(22)24-2/h4-10H,1-3H3/p+1. The quantitative estimate of drug-likeness (QED) is 0.432. The zero-order valence-corrected chi connectivity index (χ0v) is 14.0. The SMILES string of the molecule is COC(=O)C=C(C(=O)OC)c1c(-c2ccccc2)cc2n[n+](C)[nH]n12. The molecule has 0 spiro atoms. The van der Waals surface area contributed by atoms with E-state index in [2.05, 4.69) is 15.0 Å². The number of aromatic amines is 1. The number of aromatic nitrogens is 4. The van der Waals surface area contributed by atoms with Crippen LogP contribution in [-0.4, -0.2) is 41.0 Å². The lowest BCUT2D eigenvalue weighted by Crippen LogP contribution is -2.34. The van der Waals surface area contributed by atoms with Crippen LogP contribution in [-0.2, 0) is 26.1 Å². The fourth-order valence-electron chi connectivity index (χ4n) is 2.61. The fraction of sp³-hybridized carbons (Fsp3) is 0.176. The number of nitrogens with zero attached hydrogens (tertiary/aromatic N) is 3. The van der Waals surface area contributed by atoms with Crippen molar-refractivity contribution < 1.29 is 23.9 Å². The number of benzene rings is 1. The topological polar surface area (TPSA) is 89.6 Å². The van der Waals surface area contributed by atoms with Crippen LogP contribution in [0.4, 0.5) is 0 Å². The molecule has 0 bridgehead atoms. The van der Waals surface area contributed by atoms with E-state index >= 15 is 0 Å². The van der Waals surface area contributed by atoms with E-state index in [0.29, 0.717) is 11.3 Å². The fourth-order valence-corrected chi connectivity index (χ4v) is 2.61. The molecule has 1 N–H and O–H groups in total. The number of nitrogens with one attached hydrogen (secondary N) is 1. The third-order valence-electron chi connectivity index (χ3n) is 3.69. The number of H-pyrrole nitrogens is 1. The Morgan fingerprint density at radius 3 is 2.56 bits per heavy atom. The second-order valence-electron chi connectivity index (χ2n) is 5.26. The molecule has 0 amide bonds. The Balaban J connectivity index is 2.32. The summed E-state index contributed by atoms with van der Waals surface area (Å²) in [5.74, 6) is -1.31. The van der Waals surface area contributed by atoms with Crippen LogP contribution in [0, 0.1) is 0 Å². The summed E-state index contributed by atoms with van der Waals surface area (Å²) in [5, 5.41) is 7.30. The van der Waals surface area contributed by atoms with Gasteiger partial charge in [-0.25, -0.2) is 9.59 Å². The highest BCUT2D eigenvalue weighted by molar-refractivity contribution is 6.21. The number of ether oxygens (including phenoxy) is 2. The highest BCUT2D eigenvalue weighted by Gasteiger charge is 2.29. The van der Waals surface area contributed by atoms with Gasteiger partial charge in [0.05, 0.1) is 14.2 Å². The van der Waals surface area contributed by atoms with Crippen molar-refractivity contribution in [2.75, 3.05) is 14.2 Å². The van der Waals surface area contributed by atoms with Gasteiger partial charge in [-0.05, 0) is 10.7 Å². The molecule has 0 aliphatic rings. The molecule has 1 aromatic carbocycles. The zero-order valence-electron chi connectivity index (χ0n) is 14.0. The summed E-state index contributed by atoms with van der Waals surface area (Å²) < 4.78 is 11.2. The summed E-state index contributed by atoms with van der Waals surface area (Å²) in [6.45, 7) is 0. The largest absolute Gasteiger partial charge is 0.466 e. The lowest BCUT2D eigenvalue weighted by atomic mass is 10.0. The number of rotatable bonds is 4. The van der Waals surface area contributed by atoms with Crippen LogP contribution in [0.3, 0.4) is 0 Å².